The average molecular weight is 469 g/mol. The zero-order valence-electron chi connectivity index (χ0n) is 17.1. The van der Waals surface area contributed by atoms with Gasteiger partial charge >= 0.3 is 12.1 Å². The fraction of sp³-hybridized carbons (Fsp3) is 0.190. The summed E-state index contributed by atoms with van der Waals surface area (Å²) < 4.78 is 73.3. The molecule has 1 heterocycles. The van der Waals surface area contributed by atoms with Gasteiger partial charge in [-0.3, -0.25) is 4.79 Å². The number of benzene rings is 2. The van der Waals surface area contributed by atoms with E-state index in [1.165, 1.54) is 31.2 Å². The highest BCUT2D eigenvalue weighted by molar-refractivity contribution is 5.98. The SMILES string of the molecule is C[C@H](NC(=O)c1c(C(F)(F)F)nn(C)c1Oc1ccc(F)c(F)c1)c1ccc(C(=O)O)cc1. The van der Waals surface area contributed by atoms with Gasteiger partial charge in [-0.25, -0.2) is 18.3 Å². The lowest BCUT2D eigenvalue weighted by atomic mass is 10.1. The molecular weight excluding hydrogens is 453 g/mol. The molecule has 7 nitrogen and oxygen atoms in total. The summed E-state index contributed by atoms with van der Waals surface area (Å²) >= 11 is 0. The number of alkyl halides is 3. The summed E-state index contributed by atoms with van der Waals surface area (Å²) in [7, 11) is 1.09. The Kier molecular flexibility index (Phi) is 6.38. The van der Waals surface area contributed by atoms with Gasteiger partial charge in [-0.15, -0.1) is 0 Å². The van der Waals surface area contributed by atoms with Crippen LogP contribution in [0.5, 0.6) is 11.6 Å². The van der Waals surface area contributed by atoms with Gasteiger partial charge < -0.3 is 15.2 Å². The fourth-order valence-corrected chi connectivity index (χ4v) is 2.95. The van der Waals surface area contributed by atoms with Crippen LogP contribution in [-0.2, 0) is 13.2 Å². The number of carboxylic acids is 1. The van der Waals surface area contributed by atoms with Crippen molar-refractivity contribution in [1.82, 2.24) is 15.1 Å². The van der Waals surface area contributed by atoms with E-state index in [0.717, 1.165) is 13.1 Å². The topological polar surface area (TPSA) is 93.5 Å². The maximum atomic E-state index is 13.6. The minimum absolute atomic E-state index is 0.00823. The van der Waals surface area contributed by atoms with Gasteiger partial charge in [0.15, 0.2) is 17.3 Å². The predicted molar refractivity (Wildman–Crippen MR) is 104 cm³/mol. The monoisotopic (exact) mass is 469 g/mol. The van der Waals surface area contributed by atoms with Crippen molar-refractivity contribution < 1.29 is 41.4 Å². The molecule has 0 aliphatic rings. The van der Waals surface area contributed by atoms with Crippen molar-refractivity contribution >= 4 is 11.9 Å². The third-order valence-electron chi connectivity index (χ3n) is 4.60. The maximum absolute atomic E-state index is 13.6. The van der Waals surface area contributed by atoms with Crippen LogP contribution in [0, 0.1) is 11.6 Å². The zero-order valence-corrected chi connectivity index (χ0v) is 17.1. The number of halogens is 5. The molecule has 1 aromatic heterocycles. The van der Waals surface area contributed by atoms with Gasteiger partial charge in [-0.05, 0) is 36.8 Å². The molecule has 0 unspecified atom stereocenters. The largest absolute Gasteiger partial charge is 0.478 e. The molecular formula is C21H16F5N3O4. The molecule has 174 valence electrons. The first kappa shape index (κ1) is 23.7. The van der Waals surface area contributed by atoms with E-state index >= 15 is 0 Å². The Balaban J connectivity index is 1.96. The van der Waals surface area contributed by atoms with E-state index in [0.29, 0.717) is 22.4 Å². The molecule has 0 aliphatic heterocycles. The zero-order chi connectivity index (χ0) is 24.5. The summed E-state index contributed by atoms with van der Waals surface area (Å²) in [4.78, 5) is 23.8. The summed E-state index contributed by atoms with van der Waals surface area (Å²) in [5.74, 6) is -5.83. The molecule has 1 atom stereocenters. The number of aromatic carboxylic acids is 1. The Labute approximate surface area is 183 Å². The molecule has 1 amide bonds. The molecule has 0 bridgehead atoms. The van der Waals surface area contributed by atoms with Crippen LogP contribution in [0.4, 0.5) is 22.0 Å². The number of nitrogens with one attached hydrogen (secondary N) is 1. The van der Waals surface area contributed by atoms with E-state index in [-0.39, 0.29) is 11.3 Å². The molecule has 3 rings (SSSR count). The van der Waals surface area contributed by atoms with E-state index in [4.69, 9.17) is 9.84 Å². The standard InChI is InChI=1S/C21H16F5N3O4/c1-10(11-3-5-12(6-4-11)20(31)32)27-18(30)16-17(21(24,25)26)28-29(2)19(16)33-13-7-8-14(22)15(23)9-13/h3-10H,1-2H3,(H,27,30)(H,31,32)/t10-/m0/s1. The highest BCUT2D eigenvalue weighted by Crippen LogP contribution is 2.37. The van der Waals surface area contributed by atoms with Crippen LogP contribution in [-0.4, -0.2) is 26.8 Å². The molecule has 3 aromatic rings. The number of rotatable bonds is 6. The van der Waals surface area contributed by atoms with Gasteiger partial charge in [0.2, 0.25) is 5.88 Å². The number of hydrogen-bond acceptors (Lipinski definition) is 4. The quantitative estimate of drug-likeness (QED) is 0.511. The third-order valence-corrected chi connectivity index (χ3v) is 4.60. The maximum Gasteiger partial charge on any atom is 0.436 e. The highest BCUT2D eigenvalue weighted by Gasteiger charge is 2.42. The number of ether oxygens (including phenoxy) is 1. The van der Waals surface area contributed by atoms with E-state index in [9.17, 15) is 31.5 Å². The Morgan fingerprint density at radius 2 is 1.73 bits per heavy atom. The van der Waals surface area contributed by atoms with Crippen molar-refractivity contribution in [2.45, 2.75) is 19.1 Å². The van der Waals surface area contributed by atoms with Crippen molar-refractivity contribution in [3.63, 3.8) is 0 Å². The summed E-state index contributed by atoms with van der Waals surface area (Å²) in [6.07, 6.45) is -5.02. The van der Waals surface area contributed by atoms with Gasteiger partial charge in [-0.2, -0.15) is 18.3 Å². The van der Waals surface area contributed by atoms with E-state index in [1.54, 1.807) is 0 Å². The molecule has 33 heavy (non-hydrogen) atoms. The lowest BCUT2D eigenvalue weighted by molar-refractivity contribution is -0.141. The second-order valence-electron chi connectivity index (χ2n) is 6.95. The van der Waals surface area contributed by atoms with E-state index < -0.39 is 52.9 Å². The minimum Gasteiger partial charge on any atom is -0.478 e. The number of aromatic nitrogens is 2. The Bertz CT molecular complexity index is 1210. The third kappa shape index (κ3) is 5.10. The van der Waals surface area contributed by atoms with Crippen LogP contribution in [0.1, 0.15) is 44.9 Å². The summed E-state index contributed by atoms with van der Waals surface area (Å²) in [5, 5.41) is 14.7. The lowest BCUT2D eigenvalue weighted by Crippen LogP contribution is -2.28. The highest BCUT2D eigenvalue weighted by atomic mass is 19.4. The smallest absolute Gasteiger partial charge is 0.436 e. The molecule has 0 radical (unpaired) electrons. The molecule has 2 aromatic carbocycles. The van der Waals surface area contributed by atoms with Crippen LogP contribution >= 0.6 is 0 Å². The molecule has 0 aliphatic carbocycles. The first-order valence-corrected chi connectivity index (χ1v) is 9.29. The number of nitrogens with zero attached hydrogens (tertiary/aromatic N) is 2. The van der Waals surface area contributed by atoms with Crippen molar-refractivity contribution in [1.29, 1.82) is 0 Å². The Morgan fingerprint density at radius 3 is 2.27 bits per heavy atom. The van der Waals surface area contributed by atoms with Gasteiger partial charge in [0.1, 0.15) is 11.3 Å². The first-order valence-electron chi connectivity index (χ1n) is 9.29. The normalized spacial score (nSPS) is 12.3. The summed E-state index contributed by atoms with van der Waals surface area (Å²) in [6, 6.07) is 6.86. The second-order valence-corrected chi connectivity index (χ2v) is 6.95. The van der Waals surface area contributed by atoms with Crippen molar-refractivity contribution in [2.24, 2.45) is 7.05 Å². The number of carbonyl (C=O) groups is 2. The van der Waals surface area contributed by atoms with Gasteiger partial charge in [-0.1, -0.05) is 12.1 Å². The van der Waals surface area contributed by atoms with Crippen molar-refractivity contribution in [3.8, 4) is 11.6 Å². The molecule has 0 saturated heterocycles. The number of aryl methyl sites for hydroxylation is 1. The molecule has 0 fully saturated rings. The van der Waals surface area contributed by atoms with E-state index in [1.807, 2.05) is 0 Å². The second kappa shape index (κ2) is 8.88. The molecule has 0 saturated carbocycles. The van der Waals surface area contributed by atoms with Gasteiger partial charge in [0.25, 0.3) is 5.91 Å². The van der Waals surface area contributed by atoms with E-state index in [2.05, 4.69) is 10.4 Å². The van der Waals surface area contributed by atoms with Crippen LogP contribution in [0.15, 0.2) is 42.5 Å². The van der Waals surface area contributed by atoms with Gasteiger partial charge in [0, 0.05) is 13.1 Å². The Morgan fingerprint density at radius 1 is 1.09 bits per heavy atom. The molecule has 0 spiro atoms. The van der Waals surface area contributed by atoms with Crippen LogP contribution in [0.25, 0.3) is 0 Å². The fourth-order valence-electron chi connectivity index (χ4n) is 2.95. The predicted octanol–water partition coefficient (Wildman–Crippen LogP) is 4.70. The molecule has 2 N–H and O–H groups in total. The first-order chi connectivity index (χ1) is 15.4. The lowest BCUT2D eigenvalue weighted by Gasteiger charge is -2.16. The van der Waals surface area contributed by atoms with Gasteiger partial charge in [0.05, 0.1) is 11.6 Å². The summed E-state index contributed by atoms with van der Waals surface area (Å²) in [5.41, 5.74) is -2.07. The van der Waals surface area contributed by atoms with Crippen molar-refractivity contribution in [2.75, 3.05) is 0 Å². The molecule has 12 heteroatoms. The van der Waals surface area contributed by atoms with Crippen LogP contribution < -0.4 is 10.1 Å². The summed E-state index contributed by atoms with van der Waals surface area (Å²) in [6.45, 7) is 1.48. The number of hydrogen-bond donors (Lipinski definition) is 2. The number of carbonyl (C=O) groups excluding carboxylic acids is 1. The number of carboxylic acid groups (broad SMARTS) is 1. The van der Waals surface area contributed by atoms with Crippen molar-refractivity contribution in [3.05, 3.63) is 76.5 Å². The average Bonchev–Trinajstić information content (AvgIpc) is 3.07. The van der Waals surface area contributed by atoms with Crippen LogP contribution in [0.2, 0.25) is 0 Å². The number of amides is 1. The van der Waals surface area contributed by atoms with Crippen LogP contribution in [0.3, 0.4) is 0 Å². The Hall–Kier alpha value is -3.96. The minimum atomic E-state index is -5.02.